The molecular weight excluding hydrogens is 222 g/mol. The summed E-state index contributed by atoms with van der Waals surface area (Å²) in [6, 6.07) is 4.02. The van der Waals surface area contributed by atoms with Gasteiger partial charge in [0.2, 0.25) is 0 Å². The lowest BCUT2D eigenvalue weighted by atomic mass is 9.96. The average molecular weight is 239 g/mol. The maximum absolute atomic E-state index is 6.26. The van der Waals surface area contributed by atoms with Crippen LogP contribution >= 0.6 is 0 Å². The van der Waals surface area contributed by atoms with E-state index in [-0.39, 0.29) is 0 Å². The van der Waals surface area contributed by atoms with Gasteiger partial charge in [0.25, 0.3) is 0 Å². The number of rotatable bonds is 4. The van der Waals surface area contributed by atoms with E-state index >= 15 is 0 Å². The van der Waals surface area contributed by atoms with Crippen LogP contribution in [0.1, 0.15) is 24.5 Å². The minimum Gasteiger partial charge on any atom is -0.398 e. The Balaban J connectivity index is 2.57. The second kappa shape index (κ2) is 5.45. The van der Waals surface area contributed by atoms with Gasteiger partial charge in [-0.05, 0) is 17.5 Å². The molecule has 0 amide bonds. The Morgan fingerprint density at radius 1 is 1.33 bits per heavy atom. The van der Waals surface area contributed by atoms with Crippen molar-refractivity contribution < 1.29 is 0 Å². The smallest absolute Gasteiger partial charge is 0.0905 e. The van der Waals surface area contributed by atoms with Crippen LogP contribution in [0, 0.1) is 0 Å². The van der Waals surface area contributed by atoms with E-state index in [0.29, 0.717) is 0 Å². The van der Waals surface area contributed by atoms with Gasteiger partial charge < -0.3 is 5.73 Å². The molecule has 0 aliphatic heterocycles. The van der Waals surface area contributed by atoms with E-state index < -0.39 is 0 Å². The lowest BCUT2D eigenvalue weighted by Crippen LogP contribution is -2.01. The molecule has 0 unspecified atom stereocenters. The molecule has 1 heterocycles. The zero-order valence-electron chi connectivity index (χ0n) is 10.6. The number of nitrogen functional groups attached to an aromatic ring is 1. The zero-order chi connectivity index (χ0) is 13.0. The van der Waals surface area contributed by atoms with Gasteiger partial charge in [0.1, 0.15) is 0 Å². The van der Waals surface area contributed by atoms with E-state index in [1.165, 1.54) is 0 Å². The van der Waals surface area contributed by atoms with Crippen LogP contribution in [0.5, 0.6) is 0 Å². The van der Waals surface area contributed by atoms with Gasteiger partial charge >= 0.3 is 0 Å². The predicted molar refractivity (Wildman–Crippen MR) is 76.0 cm³/mol. The van der Waals surface area contributed by atoms with Gasteiger partial charge in [-0.15, -0.1) is 0 Å². The molecule has 0 saturated carbocycles. The summed E-state index contributed by atoms with van der Waals surface area (Å²) in [4.78, 5) is 8.38. The van der Waals surface area contributed by atoms with Crippen LogP contribution < -0.4 is 5.73 Å². The first-order chi connectivity index (χ1) is 8.77. The third kappa shape index (κ3) is 2.25. The largest absolute Gasteiger partial charge is 0.398 e. The number of nitrogens with zero attached hydrogens (tertiary/aromatic N) is 2. The van der Waals surface area contributed by atoms with Gasteiger partial charge in [-0.1, -0.05) is 38.1 Å². The Hall–Kier alpha value is -2.16. The molecule has 0 atom stereocenters. The maximum atomic E-state index is 6.26. The van der Waals surface area contributed by atoms with Crippen LogP contribution in [0.4, 0.5) is 5.69 Å². The first kappa shape index (κ1) is 12.3. The number of anilines is 1. The molecule has 0 bridgehead atoms. The monoisotopic (exact) mass is 239 g/mol. The second-order valence-corrected chi connectivity index (χ2v) is 4.14. The highest BCUT2D eigenvalue weighted by molar-refractivity contribution is 5.79. The Kier molecular flexibility index (Phi) is 3.72. The van der Waals surface area contributed by atoms with E-state index in [0.717, 1.165) is 40.9 Å². The minimum absolute atomic E-state index is 0.787. The van der Waals surface area contributed by atoms with Crippen LogP contribution in [0.3, 0.4) is 0 Å². The maximum Gasteiger partial charge on any atom is 0.0905 e. The van der Waals surface area contributed by atoms with Crippen molar-refractivity contribution in [3.05, 3.63) is 48.4 Å². The molecule has 3 nitrogen and oxygen atoms in total. The lowest BCUT2D eigenvalue weighted by molar-refractivity contribution is 0.922. The van der Waals surface area contributed by atoms with Crippen LogP contribution in [-0.2, 0) is 6.42 Å². The number of nitrogens with two attached hydrogens (primary N) is 1. The fraction of sp³-hybridized carbons (Fsp3) is 0.200. The second-order valence-electron chi connectivity index (χ2n) is 4.14. The third-order valence-electron chi connectivity index (χ3n) is 2.95. The van der Waals surface area contributed by atoms with Crippen LogP contribution in [0.15, 0.2) is 37.3 Å². The summed E-state index contributed by atoms with van der Waals surface area (Å²) < 4.78 is 0. The molecule has 0 aliphatic carbocycles. The van der Waals surface area contributed by atoms with Crippen molar-refractivity contribution in [2.24, 2.45) is 0 Å². The summed E-state index contributed by atoms with van der Waals surface area (Å²) >= 11 is 0. The highest BCUT2D eigenvalue weighted by atomic mass is 14.8. The molecule has 3 heteroatoms. The van der Waals surface area contributed by atoms with Crippen molar-refractivity contribution in [1.29, 1.82) is 0 Å². The van der Waals surface area contributed by atoms with E-state index in [4.69, 9.17) is 5.73 Å². The topological polar surface area (TPSA) is 51.8 Å². The van der Waals surface area contributed by atoms with Crippen molar-refractivity contribution in [2.45, 2.75) is 19.8 Å². The van der Waals surface area contributed by atoms with Crippen LogP contribution in [0.25, 0.3) is 17.3 Å². The fourth-order valence-electron chi connectivity index (χ4n) is 2.06. The fourth-order valence-corrected chi connectivity index (χ4v) is 2.06. The normalized spacial score (nSPS) is 10.3. The van der Waals surface area contributed by atoms with Crippen LogP contribution in [0.2, 0.25) is 0 Å². The Bertz CT molecular complexity index is 547. The number of hydrogen-bond donors (Lipinski definition) is 1. The highest BCUT2D eigenvalue weighted by Crippen LogP contribution is 2.30. The molecule has 2 aromatic rings. The van der Waals surface area contributed by atoms with Gasteiger partial charge in [-0.25, -0.2) is 0 Å². The summed E-state index contributed by atoms with van der Waals surface area (Å²) in [7, 11) is 0. The standard InChI is InChI=1S/C15H17N3/c1-3-5-12-11(4-2)6-7-13(15(12)16)14-10-17-8-9-18-14/h4,6-10H,2-3,5,16H2,1H3. The van der Waals surface area contributed by atoms with E-state index in [1.807, 2.05) is 18.2 Å². The van der Waals surface area contributed by atoms with E-state index in [2.05, 4.69) is 23.5 Å². The number of aromatic nitrogens is 2. The highest BCUT2D eigenvalue weighted by Gasteiger charge is 2.10. The summed E-state index contributed by atoms with van der Waals surface area (Å²) in [5.41, 5.74) is 11.0. The molecule has 0 aliphatic rings. The molecule has 1 aromatic heterocycles. The zero-order valence-corrected chi connectivity index (χ0v) is 10.6. The third-order valence-corrected chi connectivity index (χ3v) is 2.95. The lowest BCUT2D eigenvalue weighted by Gasteiger charge is -2.13. The van der Waals surface area contributed by atoms with Gasteiger partial charge in [0, 0.05) is 23.6 Å². The Morgan fingerprint density at radius 2 is 2.17 bits per heavy atom. The van der Waals surface area contributed by atoms with Crippen molar-refractivity contribution in [2.75, 3.05) is 5.73 Å². The quantitative estimate of drug-likeness (QED) is 0.833. The predicted octanol–water partition coefficient (Wildman–Crippen LogP) is 3.32. The average Bonchev–Trinajstić information content (AvgIpc) is 2.42. The number of hydrogen-bond acceptors (Lipinski definition) is 3. The van der Waals surface area contributed by atoms with Crippen molar-refractivity contribution in [3.8, 4) is 11.3 Å². The molecule has 0 spiro atoms. The summed E-state index contributed by atoms with van der Waals surface area (Å²) in [6.07, 6.45) is 8.91. The molecule has 2 rings (SSSR count). The van der Waals surface area contributed by atoms with Crippen molar-refractivity contribution in [1.82, 2.24) is 9.97 Å². The van der Waals surface area contributed by atoms with Crippen LogP contribution in [-0.4, -0.2) is 9.97 Å². The minimum atomic E-state index is 0.787. The summed E-state index contributed by atoms with van der Waals surface area (Å²) in [5, 5.41) is 0. The van der Waals surface area contributed by atoms with Gasteiger partial charge in [-0.2, -0.15) is 0 Å². The molecule has 18 heavy (non-hydrogen) atoms. The first-order valence-corrected chi connectivity index (χ1v) is 6.08. The van der Waals surface area contributed by atoms with Gasteiger partial charge in [-0.3, -0.25) is 9.97 Å². The summed E-state index contributed by atoms with van der Waals surface area (Å²) in [6.45, 7) is 5.97. The number of benzene rings is 1. The van der Waals surface area contributed by atoms with Gasteiger partial charge in [0.05, 0.1) is 11.9 Å². The molecule has 1 aromatic carbocycles. The SMILES string of the molecule is C=Cc1ccc(-c2cnccn2)c(N)c1CCC. The van der Waals surface area contributed by atoms with Crippen molar-refractivity contribution in [3.63, 3.8) is 0 Å². The molecule has 0 fully saturated rings. The Morgan fingerprint density at radius 3 is 2.78 bits per heavy atom. The molecule has 0 saturated heterocycles. The van der Waals surface area contributed by atoms with E-state index in [9.17, 15) is 0 Å². The molecule has 0 radical (unpaired) electrons. The van der Waals surface area contributed by atoms with Crippen molar-refractivity contribution >= 4 is 11.8 Å². The first-order valence-electron chi connectivity index (χ1n) is 6.08. The summed E-state index contributed by atoms with van der Waals surface area (Å²) in [5.74, 6) is 0. The van der Waals surface area contributed by atoms with Gasteiger partial charge in [0.15, 0.2) is 0 Å². The molecule has 92 valence electrons. The molecular formula is C15H17N3. The Labute approximate surface area is 107 Å². The van der Waals surface area contributed by atoms with E-state index in [1.54, 1.807) is 18.6 Å². The molecule has 2 N–H and O–H groups in total.